The molecule has 0 radical (unpaired) electrons. The fourth-order valence-electron chi connectivity index (χ4n) is 2.54. The van der Waals surface area contributed by atoms with Gasteiger partial charge in [0.25, 0.3) is 0 Å². The number of rotatable bonds is 7. The minimum absolute atomic E-state index is 0.195. The van der Waals surface area contributed by atoms with Crippen molar-refractivity contribution in [2.75, 3.05) is 45.4 Å². The van der Waals surface area contributed by atoms with Crippen LogP contribution in [0.5, 0.6) is 0 Å². The van der Waals surface area contributed by atoms with Crippen molar-refractivity contribution in [1.82, 2.24) is 5.32 Å². The van der Waals surface area contributed by atoms with Gasteiger partial charge in [-0.1, -0.05) is 0 Å². The Kier molecular flexibility index (Phi) is 5.76. The molecule has 1 aliphatic rings. The molecule has 0 spiro atoms. The second-order valence-electron chi connectivity index (χ2n) is 5.04. The lowest BCUT2D eigenvalue weighted by Gasteiger charge is -2.22. The molecule has 0 aromatic heterocycles. The van der Waals surface area contributed by atoms with Gasteiger partial charge in [0.2, 0.25) is 0 Å². The largest absolute Gasteiger partial charge is 0.383 e. The Morgan fingerprint density at radius 2 is 2.25 bits per heavy atom. The van der Waals surface area contributed by atoms with E-state index in [2.05, 4.69) is 10.2 Å². The molecule has 2 rings (SSSR count). The van der Waals surface area contributed by atoms with Crippen LogP contribution in [0.3, 0.4) is 0 Å². The van der Waals surface area contributed by atoms with Gasteiger partial charge in [-0.3, -0.25) is 0 Å². The van der Waals surface area contributed by atoms with Crippen LogP contribution in [0.25, 0.3) is 0 Å². The molecule has 4 nitrogen and oxygen atoms in total. The van der Waals surface area contributed by atoms with Crippen molar-refractivity contribution in [2.45, 2.75) is 19.1 Å². The SMILES string of the molecule is COCCNCc1cc(F)ccc1N1CCC(OC)C1. The lowest BCUT2D eigenvalue weighted by molar-refractivity contribution is 0.121. The van der Waals surface area contributed by atoms with Crippen LogP contribution in [0, 0.1) is 5.82 Å². The monoisotopic (exact) mass is 282 g/mol. The summed E-state index contributed by atoms with van der Waals surface area (Å²) in [6.45, 7) is 3.88. The summed E-state index contributed by atoms with van der Waals surface area (Å²) < 4.78 is 23.8. The van der Waals surface area contributed by atoms with E-state index in [1.165, 1.54) is 6.07 Å². The Hall–Kier alpha value is -1.17. The Bertz CT molecular complexity index is 428. The second-order valence-corrected chi connectivity index (χ2v) is 5.04. The van der Waals surface area contributed by atoms with Crippen molar-refractivity contribution in [1.29, 1.82) is 0 Å². The molecular weight excluding hydrogens is 259 g/mol. The van der Waals surface area contributed by atoms with Crippen LogP contribution in [0.4, 0.5) is 10.1 Å². The van der Waals surface area contributed by atoms with Crippen LogP contribution in [0.1, 0.15) is 12.0 Å². The lowest BCUT2D eigenvalue weighted by Crippen LogP contribution is -2.25. The first-order chi connectivity index (χ1) is 9.74. The van der Waals surface area contributed by atoms with E-state index in [9.17, 15) is 4.39 Å². The van der Waals surface area contributed by atoms with Crippen LogP contribution in [0.2, 0.25) is 0 Å². The van der Waals surface area contributed by atoms with Crippen LogP contribution in [-0.4, -0.2) is 46.6 Å². The van der Waals surface area contributed by atoms with Gasteiger partial charge in [-0.2, -0.15) is 0 Å². The molecule has 1 aliphatic heterocycles. The highest BCUT2D eigenvalue weighted by Gasteiger charge is 2.23. The average molecular weight is 282 g/mol. The van der Waals surface area contributed by atoms with Gasteiger partial charge < -0.3 is 19.7 Å². The molecular formula is C15H23FN2O2. The number of halogens is 1. The van der Waals surface area contributed by atoms with E-state index in [1.54, 1.807) is 20.3 Å². The van der Waals surface area contributed by atoms with E-state index in [0.29, 0.717) is 13.2 Å². The van der Waals surface area contributed by atoms with Crippen LogP contribution < -0.4 is 10.2 Å². The standard InChI is InChI=1S/C15H23FN2O2/c1-19-8-6-17-10-12-9-13(16)3-4-15(12)18-7-5-14(11-18)20-2/h3-4,9,14,17H,5-8,10-11H2,1-2H3. The molecule has 1 aromatic rings. The third kappa shape index (κ3) is 3.91. The molecule has 20 heavy (non-hydrogen) atoms. The van der Waals surface area contributed by atoms with Crippen molar-refractivity contribution in [3.8, 4) is 0 Å². The van der Waals surface area contributed by atoms with Gasteiger partial charge >= 0.3 is 0 Å². The zero-order valence-corrected chi connectivity index (χ0v) is 12.2. The van der Waals surface area contributed by atoms with Crippen LogP contribution >= 0.6 is 0 Å². The van der Waals surface area contributed by atoms with E-state index in [4.69, 9.17) is 9.47 Å². The molecule has 0 bridgehead atoms. The Labute approximate surface area is 119 Å². The number of benzene rings is 1. The highest BCUT2D eigenvalue weighted by Crippen LogP contribution is 2.26. The van der Waals surface area contributed by atoms with Gasteiger partial charge in [-0.15, -0.1) is 0 Å². The van der Waals surface area contributed by atoms with Crippen molar-refractivity contribution < 1.29 is 13.9 Å². The van der Waals surface area contributed by atoms with Crippen molar-refractivity contribution in [3.63, 3.8) is 0 Å². The summed E-state index contributed by atoms with van der Waals surface area (Å²) in [4.78, 5) is 2.26. The second kappa shape index (κ2) is 7.57. The Balaban J connectivity index is 2.03. The van der Waals surface area contributed by atoms with Gasteiger partial charge in [0.1, 0.15) is 5.82 Å². The molecule has 1 atom stereocenters. The third-order valence-corrected chi connectivity index (χ3v) is 3.66. The van der Waals surface area contributed by atoms with E-state index in [1.807, 2.05) is 6.07 Å². The minimum Gasteiger partial charge on any atom is -0.383 e. The summed E-state index contributed by atoms with van der Waals surface area (Å²) in [6, 6.07) is 4.99. The molecule has 1 fully saturated rings. The number of methoxy groups -OCH3 is 2. The molecule has 1 unspecified atom stereocenters. The zero-order valence-electron chi connectivity index (χ0n) is 12.2. The maximum atomic E-state index is 13.5. The normalized spacial score (nSPS) is 18.8. The molecule has 1 heterocycles. The van der Waals surface area contributed by atoms with E-state index >= 15 is 0 Å². The number of hydrogen-bond acceptors (Lipinski definition) is 4. The first kappa shape index (κ1) is 15.2. The van der Waals surface area contributed by atoms with E-state index in [-0.39, 0.29) is 11.9 Å². The zero-order chi connectivity index (χ0) is 14.4. The molecule has 5 heteroatoms. The fraction of sp³-hybridized carbons (Fsp3) is 0.600. The molecule has 1 saturated heterocycles. The van der Waals surface area contributed by atoms with Crippen LogP contribution in [0.15, 0.2) is 18.2 Å². The van der Waals surface area contributed by atoms with Crippen LogP contribution in [-0.2, 0) is 16.0 Å². The Morgan fingerprint density at radius 1 is 1.40 bits per heavy atom. The molecule has 0 amide bonds. The minimum atomic E-state index is -0.195. The van der Waals surface area contributed by atoms with Gasteiger partial charge in [-0.05, 0) is 30.2 Å². The van der Waals surface area contributed by atoms with Crippen molar-refractivity contribution >= 4 is 5.69 Å². The Morgan fingerprint density at radius 3 is 2.95 bits per heavy atom. The quantitative estimate of drug-likeness (QED) is 0.773. The number of ether oxygens (including phenoxy) is 2. The molecule has 0 aliphatic carbocycles. The topological polar surface area (TPSA) is 33.7 Å². The summed E-state index contributed by atoms with van der Waals surface area (Å²) in [6.07, 6.45) is 1.29. The van der Waals surface area contributed by atoms with Gasteiger partial charge in [-0.25, -0.2) is 4.39 Å². The first-order valence-electron chi connectivity index (χ1n) is 7.00. The van der Waals surface area contributed by atoms with Crippen molar-refractivity contribution in [2.24, 2.45) is 0 Å². The van der Waals surface area contributed by atoms with Gasteiger partial charge in [0.15, 0.2) is 0 Å². The van der Waals surface area contributed by atoms with E-state index < -0.39 is 0 Å². The number of nitrogens with one attached hydrogen (secondary N) is 1. The first-order valence-corrected chi connectivity index (χ1v) is 7.00. The fourth-order valence-corrected chi connectivity index (χ4v) is 2.54. The lowest BCUT2D eigenvalue weighted by atomic mass is 10.1. The highest BCUT2D eigenvalue weighted by molar-refractivity contribution is 5.54. The maximum Gasteiger partial charge on any atom is 0.123 e. The highest BCUT2D eigenvalue weighted by atomic mass is 19.1. The maximum absolute atomic E-state index is 13.5. The summed E-state index contributed by atoms with van der Waals surface area (Å²) in [5, 5.41) is 3.27. The number of nitrogens with zero attached hydrogens (tertiary/aromatic N) is 1. The average Bonchev–Trinajstić information content (AvgIpc) is 2.92. The van der Waals surface area contributed by atoms with Crippen molar-refractivity contribution in [3.05, 3.63) is 29.6 Å². The summed E-state index contributed by atoms with van der Waals surface area (Å²) in [7, 11) is 3.41. The van der Waals surface area contributed by atoms with Gasteiger partial charge in [0, 0.05) is 46.1 Å². The number of anilines is 1. The number of hydrogen-bond donors (Lipinski definition) is 1. The smallest absolute Gasteiger partial charge is 0.123 e. The summed E-state index contributed by atoms with van der Waals surface area (Å²) >= 11 is 0. The van der Waals surface area contributed by atoms with Gasteiger partial charge in [0.05, 0.1) is 12.7 Å². The summed E-state index contributed by atoms with van der Waals surface area (Å²) in [5.74, 6) is -0.195. The predicted octanol–water partition coefficient (Wildman–Crippen LogP) is 1.79. The third-order valence-electron chi connectivity index (χ3n) is 3.66. The predicted molar refractivity (Wildman–Crippen MR) is 77.6 cm³/mol. The molecule has 0 saturated carbocycles. The molecule has 1 aromatic carbocycles. The molecule has 1 N–H and O–H groups in total. The summed E-state index contributed by atoms with van der Waals surface area (Å²) in [5.41, 5.74) is 2.08. The molecule has 112 valence electrons. The van der Waals surface area contributed by atoms with E-state index in [0.717, 1.165) is 37.3 Å².